The van der Waals surface area contributed by atoms with Gasteiger partial charge in [-0.15, -0.1) is 0 Å². The third-order valence-electron chi connectivity index (χ3n) is 5.66. The Labute approximate surface area is 197 Å². The third kappa shape index (κ3) is 5.61. The van der Waals surface area contributed by atoms with Crippen molar-refractivity contribution in [2.75, 3.05) is 34.8 Å². The fourth-order valence-electron chi connectivity index (χ4n) is 4.21. The molecule has 33 heavy (non-hydrogen) atoms. The molecule has 8 nitrogen and oxygen atoms in total. The zero-order valence-corrected chi connectivity index (χ0v) is 20.6. The summed E-state index contributed by atoms with van der Waals surface area (Å²) < 4.78 is 1.87. The van der Waals surface area contributed by atoms with Crippen LogP contribution in [0.15, 0.2) is 30.9 Å². The van der Waals surface area contributed by atoms with Crippen molar-refractivity contribution in [2.24, 2.45) is 0 Å². The fourth-order valence-corrected chi connectivity index (χ4v) is 4.21. The number of imidazole rings is 1. The number of nitrogens with zero attached hydrogens (tertiary/aromatic N) is 6. The first kappa shape index (κ1) is 24.5. The number of pyridine rings is 1. The zero-order valence-electron chi connectivity index (χ0n) is 20.6. The SMILES string of the molecule is CC.CCCCCN(CCC)c1ccnc2c1CCN2C(=O)Nc1cn2cc(C)nc2cn1. The summed E-state index contributed by atoms with van der Waals surface area (Å²) in [5, 5.41) is 2.92. The molecular formula is C25H37N7O. The molecule has 178 valence electrons. The van der Waals surface area contributed by atoms with Gasteiger partial charge in [-0.1, -0.05) is 40.5 Å². The third-order valence-corrected chi connectivity index (χ3v) is 5.66. The highest BCUT2D eigenvalue weighted by Crippen LogP contribution is 2.34. The van der Waals surface area contributed by atoms with E-state index in [0.29, 0.717) is 12.4 Å². The van der Waals surface area contributed by atoms with Gasteiger partial charge in [0.1, 0.15) is 5.82 Å². The molecule has 8 heteroatoms. The van der Waals surface area contributed by atoms with Crippen molar-refractivity contribution in [2.45, 2.75) is 66.7 Å². The molecule has 0 saturated carbocycles. The summed E-state index contributed by atoms with van der Waals surface area (Å²) in [7, 11) is 0. The van der Waals surface area contributed by atoms with Crippen molar-refractivity contribution in [1.82, 2.24) is 19.4 Å². The van der Waals surface area contributed by atoms with Gasteiger partial charge < -0.3 is 9.30 Å². The number of hydrogen-bond donors (Lipinski definition) is 1. The number of aryl methyl sites for hydroxylation is 1. The summed E-state index contributed by atoms with van der Waals surface area (Å²) >= 11 is 0. The van der Waals surface area contributed by atoms with Crippen LogP contribution in [0.2, 0.25) is 0 Å². The number of unbranched alkanes of at least 4 members (excludes halogenated alkanes) is 2. The van der Waals surface area contributed by atoms with E-state index in [9.17, 15) is 4.79 Å². The van der Waals surface area contributed by atoms with Crippen LogP contribution in [0.1, 0.15) is 64.6 Å². The second kappa shape index (κ2) is 11.6. The molecule has 0 saturated heterocycles. The van der Waals surface area contributed by atoms with E-state index in [0.717, 1.165) is 48.7 Å². The van der Waals surface area contributed by atoms with Crippen LogP contribution in [0.3, 0.4) is 0 Å². The minimum atomic E-state index is -0.208. The molecule has 1 aliphatic rings. The minimum Gasteiger partial charge on any atom is -0.371 e. The number of anilines is 3. The number of nitrogens with one attached hydrogen (secondary N) is 1. The van der Waals surface area contributed by atoms with E-state index in [2.05, 4.69) is 45.1 Å². The van der Waals surface area contributed by atoms with Crippen LogP contribution in [-0.2, 0) is 6.42 Å². The molecule has 0 radical (unpaired) electrons. The first-order valence-corrected chi connectivity index (χ1v) is 12.2. The number of urea groups is 1. The zero-order chi connectivity index (χ0) is 23.8. The average molecular weight is 452 g/mol. The molecular weight excluding hydrogens is 414 g/mol. The lowest BCUT2D eigenvalue weighted by Gasteiger charge is -2.26. The van der Waals surface area contributed by atoms with Crippen molar-refractivity contribution in [1.29, 1.82) is 0 Å². The molecule has 0 aliphatic carbocycles. The van der Waals surface area contributed by atoms with Crippen LogP contribution in [0.5, 0.6) is 0 Å². The molecule has 2 amide bonds. The lowest BCUT2D eigenvalue weighted by atomic mass is 10.1. The molecule has 0 bridgehead atoms. The molecule has 4 heterocycles. The molecule has 0 fully saturated rings. The molecule has 1 aliphatic heterocycles. The minimum absolute atomic E-state index is 0.208. The summed E-state index contributed by atoms with van der Waals surface area (Å²) in [5.41, 5.74) is 4.04. The standard InChI is InChI=1S/C23H31N7O.C2H6/c1-4-6-7-12-28(11-5-2)19-8-10-24-22-18(19)9-13-30(22)23(31)27-20-16-29-15-17(3)26-21(29)14-25-20;1-2/h8,10,14-16H,4-7,9,11-13H2,1-3H3,(H,27,31);1-2H3. The Morgan fingerprint density at radius 1 is 1.12 bits per heavy atom. The molecule has 0 unspecified atom stereocenters. The molecule has 0 spiro atoms. The lowest BCUT2D eigenvalue weighted by molar-refractivity contribution is 0.257. The molecule has 0 aromatic carbocycles. The van der Waals surface area contributed by atoms with E-state index in [1.165, 1.54) is 24.9 Å². The molecule has 0 atom stereocenters. The molecule has 3 aromatic heterocycles. The van der Waals surface area contributed by atoms with Gasteiger partial charge in [-0.25, -0.2) is 19.7 Å². The largest absolute Gasteiger partial charge is 0.371 e. The maximum atomic E-state index is 13.0. The van der Waals surface area contributed by atoms with Gasteiger partial charge in [-0.2, -0.15) is 0 Å². The quantitative estimate of drug-likeness (QED) is 0.460. The number of carbonyl (C=O) groups excluding carboxylic acids is 1. The maximum absolute atomic E-state index is 13.0. The van der Waals surface area contributed by atoms with Gasteiger partial charge >= 0.3 is 6.03 Å². The van der Waals surface area contributed by atoms with Gasteiger partial charge in [0.25, 0.3) is 0 Å². The predicted molar refractivity (Wildman–Crippen MR) is 135 cm³/mol. The Bertz CT molecular complexity index is 1060. The predicted octanol–water partition coefficient (Wildman–Crippen LogP) is 5.46. The van der Waals surface area contributed by atoms with E-state index in [1.54, 1.807) is 17.3 Å². The van der Waals surface area contributed by atoms with Gasteiger partial charge in [0.2, 0.25) is 0 Å². The van der Waals surface area contributed by atoms with Crippen molar-refractivity contribution in [3.63, 3.8) is 0 Å². The molecule has 4 rings (SSSR count). The first-order valence-electron chi connectivity index (χ1n) is 12.2. The van der Waals surface area contributed by atoms with Crippen LogP contribution in [-0.4, -0.2) is 45.0 Å². The summed E-state index contributed by atoms with van der Waals surface area (Å²) in [6.45, 7) is 13.0. The number of carbonyl (C=O) groups is 1. The van der Waals surface area contributed by atoms with Gasteiger partial charge in [-0.05, 0) is 32.3 Å². The fraction of sp³-hybridized carbons (Fsp3) is 0.520. The van der Waals surface area contributed by atoms with E-state index in [-0.39, 0.29) is 6.03 Å². The highest BCUT2D eigenvalue weighted by molar-refractivity contribution is 6.02. The summed E-state index contributed by atoms with van der Waals surface area (Å²) in [6, 6.07) is 1.89. The number of fused-ring (bicyclic) bond motifs is 2. The van der Waals surface area contributed by atoms with E-state index < -0.39 is 0 Å². The lowest BCUT2D eigenvalue weighted by Crippen LogP contribution is -2.34. The molecule has 1 N–H and O–H groups in total. The van der Waals surface area contributed by atoms with Gasteiger partial charge in [0, 0.05) is 43.3 Å². The van der Waals surface area contributed by atoms with Gasteiger partial charge in [0.05, 0.1) is 18.1 Å². The van der Waals surface area contributed by atoms with Gasteiger partial charge in [-0.3, -0.25) is 10.2 Å². The highest BCUT2D eigenvalue weighted by atomic mass is 16.2. The Morgan fingerprint density at radius 2 is 1.94 bits per heavy atom. The van der Waals surface area contributed by atoms with Crippen LogP contribution in [0.4, 0.5) is 22.1 Å². The van der Waals surface area contributed by atoms with Crippen LogP contribution < -0.4 is 15.1 Å². The van der Waals surface area contributed by atoms with Gasteiger partial charge in [0.15, 0.2) is 11.5 Å². The van der Waals surface area contributed by atoms with E-state index in [4.69, 9.17) is 0 Å². The summed E-state index contributed by atoms with van der Waals surface area (Å²) in [5.74, 6) is 1.25. The smallest absolute Gasteiger partial charge is 0.328 e. The Morgan fingerprint density at radius 3 is 2.70 bits per heavy atom. The maximum Gasteiger partial charge on any atom is 0.328 e. The van der Waals surface area contributed by atoms with E-state index in [1.807, 2.05) is 37.6 Å². The Balaban J connectivity index is 0.00000149. The number of rotatable bonds is 8. The molecule has 3 aromatic rings. The van der Waals surface area contributed by atoms with E-state index >= 15 is 0 Å². The summed E-state index contributed by atoms with van der Waals surface area (Å²) in [6.07, 6.45) is 12.7. The highest BCUT2D eigenvalue weighted by Gasteiger charge is 2.29. The second-order valence-electron chi connectivity index (χ2n) is 8.08. The van der Waals surface area contributed by atoms with Crippen LogP contribution in [0, 0.1) is 6.92 Å². The normalized spacial score (nSPS) is 12.3. The van der Waals surface area contributed by atoms with Crippen LogP contribution in [0.25, 0.3) is 5.65 Å². The Kier molecular flexibility index (Phi) is 8.63. The van der Waals surface area contributed by atoms with Crippen molar-refractivity contribution in [3.05, 3.63) is 42.1 Å². The monoisotopic (exact) mass is 451 g/mol. The Hall–Kier alpha value is -3.16. The van der Waals surface area contributed by atoms with Crippen molar-refractivity contribution in [3.8, 4) is 0 Å². The second-order valence-corrected chi connectivity index (χ2v) is 8.08. The first-order chi connectivity index (χ1) is 16.1. The topological polar surface area (TPSA) is 78.7 Å². The average Bonchev–Trinajstić information content (AvgIpc) is 3.42. The number of aromatic nitrogens is 4. The number of amides is 2. The van der Waals surface area contributed by atoms with Crippen molar-refractivity contribution < 1.29 is 4.79 Å². The van der Waals surface area contributed by atoms with Crippen molar-refractivity contribution >= 4 is 29.0 Å². The number of hydrogen-bond acceptors (Lipinski definition) is 5. The van der Waals surface area contributed by atoms with Crippen LogP contribution >= 0.6 is 0 Å². The summed E-state index contributed by atoms with van der Waals surface area (Å²) in [4.78, 5) is 30.5.